The SMILES string of the molecule is O=C(COc1ccccc1F)N/N=C\c1ccc([O-])c([N+](=O)[O-])c1. The van der Waals surface area contributed by atoms with Crippen LogP contribution < -0.4 is 15.3 Å². The Balaban J connectivity index is 1.90. The summed E-state index contributed by atoms with van der Waals surface area (Å²) in [7, 11) is 0. The van der Waals surface area contributed by atoms with Gasteiger partial charge in [0.1, 0.15) is 0 Å². The molecule has 0 bridgehead atoms. The Morgan fingerprint density at radius 3 is 2.79 bits per heavy atom. The highest BCUT2D eigenvalue weighted by molar-refractivity contribution is 5.84. The number of para-hydroxylation sites is 1. The van der Waals surface area contributed by atoms with Gasteiger partial charge in [0.15, 0.2) is 18.2 Å². The first-order valence-corrected chi connectivity index (χ1v) is 6.62. The van der Waals surface area contributed by atoms with Crippen LogP contribution in [0.4, 0.5) is 10.1 Å². The number of nitro groups is 1. The zero-order valence-corrected chi connectivity index (χ0v) is 12.1. The molecule has 2 rings (SSSR count). The topological polar surface area (TPSA) is 117 Å². The van der Waals surface area contributed by atoms with E-state index in [-0.39, 0.29) is 11.3 Å². The summed E-state index contributed by atoms with van der Waals surface area (Å²) in [4.78, 5) is 21.4. The van der Waals surface area contributed by atoms with Crippen molar-refractivity contribution in [3.8, 4) is 11.5 Å². The van der Waals surface area contributed by atoms with E-state index in [0.717, 1.165) is 18.3 Å². The molecule has 1 amide bonds. The smallest absolute Gasteiger partial charge is 0.277 e. The van der Waals surface area contributed by atoms with E-state index < -0.39 is 34.7 Å². The summed E-state index contributed by atoms with van der Waals surface area (Å²) in [5, 5.41) is 25.5. The first kappa shape index (κ1) is 16.9. The lowest BCUT2D eigenvalue weighted by atomic mass is 10.2. The van der Waals surface area contributed by atoms with Crippen LogP contribution >= 0.6 is 0 Å². The van der Waals surface area contributed by atoms with E-state index in [1.807, 2.05) is 0 Å². The molecule has 0 saturated carbocycles. The van der Waals surface area contributed by atoms with Crippen molar-refractivity contribution in [3.05, 3.63) is 64.0 Å². The van der Waals surface area contributed by atoms with E-state index >= 15 is 0 Å². The number of nitrogens with zero attached hydrogens (tertiary/aromatic N) is 2. The van der Waals surface area contributed by atoms with E-state index in [0.29, 0.717) is 0 Å². The van der Waals surface area contributed by atoms with Gasteiger partial charge in [0.2, 0.25) is 0 Å². The largest absolute Gasteiger partial charge is 0.868 e. The number of amides is 1. The monoisotopic (exact) mass is 332 g/mol. The highest BCUT2D eigenvalue weighted by Crippen LogP contribution is 2.22. The first-order chi connectivity index (χ1) is 11.5. The molecule has 9 heteroatoms. The van der Waals surface area contributed by atoms with Crippen molar-refractivity contribution in [1.29, 1.82) is 0 Å². The highest BCUT2D eigenvalue weighted by atomic mass is 19.1. The van der Waals surface area contributed by atoms with Crippen LogP contribution in [0, 0.1) is 15.9 Å². The number of benzene rings is 2. The molecule has 124 valence electrons. The maximum Gasteiger partial charge on any atom is 0.277 e. The summed E-state index contributed by atoms with van der Waals surface area (Å²) in [6, 6.07) is 8.99. The van der Waals surface area contributed by atoms with Crippen molar-refractivity contribution >= 4 is 17.8 Å². The van der Waals surface area contributed by atoms with Gasteiger partial charge < -0.3 is 9.84 Å². The molecule has 0 fully saturated rings. The molecule has 8 nitrogen and oxygen atoms in total. The molecule has 24 heavy (non-hydrogen) atoms. The molecule has 2 aromatic carbocycles. The van der Waals surface area contributed by atoms with Crippen molar-refractivity contribution in [2.75, 3.05) is 6.61 Å². The second-order valence-corrected chi connectivity index (χ2v) is 4.50. The number of rotatable bonds is 6. The van der Waals surface area contributed by atoms with Crippen LogP contribution in [-0.2, 0) is 4.79 Å². The van der Waals surface area contributed by atoms with Crippen molar-refractivity contribution in [1.82, 2.24) is 5.43 Å². The summed E-state index contributed by atoms with van der Waals surface area (Å²) in [5.41, 5.74) is 1.79. The average molecular weight is 332 g/mol. The minimum absolute atomic E-state index is 0.0710. The van der Waals surface area contributed by atoms with Gasteiger partial charge in [0.25, 0.3) is 11.6 Å². The predicted octanol–water partition coefficient (Wildman–Crippen LogP) is 1.34. The number of nitrogens with one attached hydrogen (secondary N) is 1. The lowest BCUT2D eigenvalue weighted by Crippen LogP contribution is -2.24. The number of ether oxygens (including phenoxy) is 1. The van der Waals surface area contributed by atoms with Crippen LogP contribution in [0.5, 0.6) is 11.5 Å². The number of hydrogen-bond donors (Lipinski definition) is 1. The van der Waals surface area contributed by atoms with Gasteiger partial charge in [-0.2, -0.15) is 5.10 Å². The van der Waals surface area contributed by atoms with Crippen molar-refractivity contribution in [3.63, 3.8) is 0 Å². The Kier molecular flexibility index (Phi) is 5.40. The van der Waals surface area contributed by atoms with Crippen LogP contribution in [0.1, 0.15) is 5.56 Å². The Hall–Kier alpha value is -3.49. The maximum absolute atomic E-state index is 13.3. The number of halogens is 1. The second kappa shape index (κ2) is 7.68. The third kappa shape index (κ3) is 4.50. The molecule has 0 saturated heterocycles. The fraction of sp³-hybridized carbons (Fsp3) is 0.0667. The average Bonchev–Trinajstić information content (AvgIpc) is 2.55. The summed E-state index contributed by atoms with van der Waals surface area (Å²) in [5.74, 6) is -2.04. The van der Waals surface area contributed by atoms with E-state index in [1.54, 1.807) is 6.07 Å². The Morgan fingerprint density at radius 1 is 1.33 bits per heavy atom. The Morgan fingerprint density at radius 2 is 2.08 bits per heavy atom. The molecule has 0 atom stereocenters. The summed E-state index contributed by atoms with van der Waals surface area (Å²) in [6.07, 6.45) is 1.13. The van der Waals surface area contributed by atoms with E-state index in [1.165, 1.54) is 24.3 Å². The number of hydrazone groups is 1. The summed E-state index contributed by atoms with van der Waals surface area (Å²) < 4.78 is 18.3. The quantitative estimate of drug-likeness (QED) is 0.486. The van der Waals surface area contributed by atoms with Crippen LogP contribution in [-0.4, -0.2) is 23.7 Å². The molecule has 0 radical (unpaired) electrons. The molecule has 0 heterocycles. The molecule has 2 aromatic rings. The van der Waals surface area contributed by atoms with E-state index in [2.05, 4.69) is 10.5 Å². The van der Waals surface area contributed by atoms with Gasteiger partial charge in [-0.25, -0.2) is 9.82 Å². The molecule has 0 unspecified atom stereocenters. The third-order valence-corrected chi connectivity index (χ3v) is 2.78. The zero-order chi connectivity index (χ0) is 17.5. The first-order valence-electron chi connectivity index (χ1n) is 6.62. The van der Waals surface area contributed by atoms with Crippen LogP contribution in [0.15, 0.2) is 47.6 Å². The van der Waals surface area contributed by atoms with Gasteiger partial charge >= 0.3 is 0 Å². The lowest BCUT2D eigenvalue weighted by Gasteiger charge is -2.06. The number of carbonyl (C=O) groups excluding carboxylic acids is 1. The molecule has 0 aliphatic rings. The molecule has 0 aromatic heterocycles. The fourth-order valence-corrected chi connectivity index (χ4v) is 1.67. The maximum atomic E-state index is 13.3. The van der Waals surface area contributed by atoms with E-state index in [9.17, 15) is 24.4 Å². The third-order valence-electron chi connectivity index (χ3n) is 2.78. The van der Waals surface area contributed by atoms with Gasteiger partial charge in [-0.1, -0.05) is 24.3 Å². The number of nitro benzene ring substituents is 1. The molecule has 0 aliphatic heterocycles. The molecular weight excluding hydrogens is 321 g/mol. The number of carbonyl (C=O) groups is 1. The number of hydrogen-bond acceptors (Lipinski definition) is 6. The summed E-state index contributed by atoms with van der Waals surface area (Å²) >= 11 is 0. The minimum atomic E-state index is -0.805. The molecular formula is C15H11FN3O5-. The Bertz CT molecular complexity index is 794. The highest BCUT2D eigenvalue weighted by Gasteiger charge is 2.07. The predicted molar refractivity (Wildman–Crippen MR) is 80.2 cm³/mol. The van der Waals surface area contributed by atoms with Crippen LogP contribution in [0.3, 0.4) is 0 Å². The molecule has 1 N–H and O–H groups in total. The molecule has 0 aliphatic carbocycles. The normalized spacial score (nSPS) is 10.5. The van der Waals surface area contributed by atoms with Crippen LogP contribution in [0.2, 0.25) is 0 Å². The van der Waals surface area contributed by atoms with Crippen molar-refractivity contribution in [2.45, 2.75) is 0 Å². The zero-order valence-electron chi connectivity index (χ0n) is 12.1. The summed E-state index contributed by atoms with van der Waals surface area (Å²) in [6.45, 7) is -0.460. The van der Waals surface area contributed by atoms with Gasteiger partial charge in [-0.3, -0.25) is 14.9 Å². The lowest BCUT2D eigenvalue weighted by molar-refractivity contribution is -0.398. The standard InChI is InChI=1S/C15H12FN3O5/c16-11-3-1-2-4-14(11)24-9-15(21)18-17-8-10-5-6-13(20)12(7-10)19(22)23/h1-8,20H,9H2,(H,18,21)/p-1/b17-8-. The Labute approximate surface area is 135 Å². The van der Waals surface area contributed by atoms with Crippen LogP contribution in [0.25, 0.3) is 0 Å². The minimum Gasteiger partial charge on any atom is -0.868 e. The van der Waals surface area contributed by atoms with Gasteiger partial charge in [-0.05, 0) is 17.9 Å². The van der Waals surface area contributed by atoms with Gasteiger partial charge in [0, 0.05) is 11.6 Å². The molecule has 0 spiro atoms. The van der Waals surface area contributed by atoms with Crippen molar-refractivity contribution in [2.24, 2.45) is 5.10 Å². The van der Waals surface area contributed by atoms with Gasteiger partial charge in [-0.15, -0.1) is 0 Å². The van der Waals surface area contributed by atoms with E-state index in [4.69, 9.17) is 4.74 Å². The van der Waals surface area contributed by atoms with Gasteiger partial charge in [0.05, 0.1) is 11.1 Å². The van der Waals surface area contributed by atoms with Crippen molar-refractivity contribution < 1.29 is 24.0 Å². The second-order valence-electron chi connectivity index (χ2n) is 4.50. The fourth-order valence-electron chi connectivity index (χ4n) is 1.67.